The number of allylic oxidation sites excluding steroid dienone is 1. The highest BCUT2D eigenvalue weighted by Gasteiger charge is 2.51. The first-order valence-electron chi connectivity index (χ1n) is 9.35. The quantitative estimate of drug-likeness (QED) is 0.399. The highest BCUT2D eigenvalue weighted by Crippen LogP contribution is 2.41. The number of anilines is 1. The molecule has 3 aliphatic rings. The zero-order valence-corrected chi connectivity index (χ0v) is 18.5. The van der Waals surface area contributed by atoms with E-state index in [1.165, 1.54) is 28.0 Å². The van der Waals surface area contributed by atoms with Crippen molar-refractivity contribution in [3.05, 3.63) is 39.9 Å². The molecule has 2 atom stereocenters. The second kappa shape index (κ2) is 9.49. The number of nitrogens with two attached hydrogens (primary N) is 1. The fourth-order valence-corrected chi connectivity index (χ4v) is 5.53. The van der Waals surface area contributed by atoms with Crippen molar-refractivity contribution in [1.29, 1.82) is 5.26 Å². The van der Waals surface area contributed by atoms with E-state index in [1.807, 2.05) is 0 Å². The van der Waals surface area contributed by atoms with Crippen molar-refractivity contribution in [3.8, 4) is 6.07 Å². The number of amides is 2. The van der Waals surface area contributed by atoms with E-state index in [1.54, 1.807) is 22.4 Å². The number of hydrogen-bond donors (Lipinski definition) is 3. The Morgan fingerprint density at radius 1 is 1.29 bits per heavy atom. The Morgan fingerprint density at radius 3 is 2.50 bits per heavy atom. The van der Waals surface area contributed by atoms with E-state index >= 15 is 0 Å². The predicted octanol–water partition coefficient (Wildman–Crippen LogP) is 1.50. The molecule has 1 aromatic rings. The molecule has 4 N–H and O–H groups in total. The molecule has 4 rings (SSSR count). The third kappa shape index (κ3) is 4.65. The van der Waals surface area contributed by atoms with Gasteiger partial charge in [0.25, 0.3) is 5.91 Å². The molecule has 4 heterocycles. The van der Waals surface area contributed by atoms with Gasteiger partial charge in [0.05, 0.1) is 5.56 Å². The maximum atomic E-state index is 12.8. The minimum Gasteiger partial charge on any atom is -0.477 e. The van der Waals surface area contributed by atoms with E-state index in [2.05, 4.69) is 6.07 Å². The molecule has 180 valence electrons. The van der Waals surface area contributed by atoms with Gasteiger partial charge in [-0.15, -0.1) is 23.1 Å². The van der Waals surface area contributed by atoms with Crippen LogP contribution >= 0.6 is 23.1 Å². The third-order valence-electron chi connectivity index (χ3n) is 4.97. The second-order valence-corrected chi connectivity index (χ2v) is 9.04. The van der Waals surface area contributed by atoms with E-state index in [0.717, 1.165) is 0 Å². The van der Waals surface area contributed by atoms with Crippen LogP contribution in [0.5, 0.6) is 0 Å². The maximum Gasteiger partial charge on any atom is 0.490 e. The molecule has 3 aliphatic heterocycles. The number of carboxylic acids is 2. The Hall–Kier alpha value is -3.35. The summed E-state index contributed by atoms with van der Waals surface area (Å²) in [5, 5.41) is 27.9. The van der Waals surface area contributed by atoms with Gasteiger partial charge in [0.1, 0.15) is 28.2 Å². The molecule has 2 amide bonds. The van der Waals surface area contributed by atoms with Gasteiger partial charge in [-0.25, -0.2) is 9.59 Å². The van der Waals surface area contributed by atoms with E-state index in [9.17, 15) is 32.7 Å². The van der Waals surface area contributed by atoms with Crippen molar-refractivity contribution >= 4 is 51.9 Å². The van der Waals surface area contributed by atoms with Crippen LogP contribution in [0.4, 0.5) is 18.2 Å². The summed E-state index contributed by atoms with van der Waals surface area (Å²) in [6.45, 7) is 0.429. The van der Waals surface area contributed by atoms with E-state index in [4.69, 9.17) is 20.9 Å². The average molecular weight is 516 g/mol. The second-order valence-electron chi connectivity index (χ2n) is 7.05. The summed E-state index contributed by atoms with van der Waals surface area (Å²) in [4.78, 5) is 48.2. The number of thioether (sulfide) groups is 1. The number of nitrogens with zero attached hydrogens (tertiary/aromatic N) is 3. The summed E-state index contributed by atoms with van der Waals surface area (Å²) in [5.41, 5.74) is 6.98. The molecule has 1 aromatic heterocycles. The molecule has 15 heteroatoms. The fourth-order valence-electron chi connectivity index (χ4n) is 3.40. The third-order valence-corrected chi connectivity index (χ3v) is 7.23. The van der Waals surface area contributed by atoms with E-state index < -0.39 is 30.1 Å². The molecular weight excluding hydrogens is 501 g/mol. The summed E-state index contributed by atoms with van der Waals surface area (Å²) in [5.74, 6) is -4.27. The summed E-state index contributed by atoms with van der Waals surface area (Å²) in [6, 6.07) is 3.04. The minimum atomic E-state index is -5.08. The highest BCUT2D eigenvalue weighted by molar-refractivity contribution is 8.00. The lowest BCUT2D eigenvalue weighted by Crippen LogP contribution is -2.68. The van der Waals surface area contributed by atoms with Gasteiger partial charge in [-0.05, 0) is 29.5 Å². The molecule has 0 aromatic carbocycles. The molecular formula is C19H15F3N4O6S2. The van der Waals surface area contributed by atoms with Crippen molar-refractivity contribution in [3.63, 3.8) is 0 Å². The van der Waals surface area contributed by atoms with Gasteiger partial charge in [0, 0.05) is 17.9 Å². The lowest BCUT2D eigenvalue weighted by molar-refractivity contribution is -0.192. The van der Waals surface area contributed by atoms with Crippen molar-refractivity contribution in [2.45, 2.75) is 24.0 Å². The number of alkyl halides is 3. The van der Waals surface area contributed by atoms with Gasteiger partial charge in [0.15, 0.2) is 0 Å². The van der Waals surface area contributed by atoms with Crippen LogP contribution in [0, 0.1) is 11.3 Å². The first kappa shape index (κ1) is 25.3. The van der Waals surface area contributed by atoms with Crippen molar-refractivity contribution in [2.24, 2.45) is 5.73 Å². The zero-order valence-electron chi connectivity index (χ0n) is 16.9. The van der Waals surface area contributed by atoms with Gasteiger partial charge in [-0.2, -0.15) is 18.4 Å². The van der Waals surface area contributed by atoms with Gasteiger partial charge in [-0.3, -0.25) is 19.4 Å². The lowest BCUT2D eigenvalue weighted by atomic mass is 10.0. The first-order valence-corrected chi connectivity index (χ1v) is 11.3. The van der Waals surface area contributed by atoms with Gasteiger partial charge < -0.3 is 15.9 Å². The summed E-state index contributed by atoms with van der Waals surface area (Å²) < 4.78 is 31.7. The highest BCUT2D eigenvalue weighted by atomic mass is 32.2. The number of carbonyl (C=O) groups is 4. The topological polar surface area (TPSA) is 165 Å². The van der Waals surface area contributed by atoms with Crippen LogP contribution in [0.25, 0.3) is 0 Å². The monoisotopic (exact) mass is 516 g/mol. The summed E-state index contributed by atoms with van der Waals surface area (Å²) in [7, 11) is 0. The smallest absolute Gasteiger partial charge is 0.477 e. The number of aliphatic carboxylic acids is 2. The molecule has 0 bridgehead atoms. The predicted molar refractivity (Wildman–Crippen MR) is 114 cm³/mol. The fraction of sp³-hybridized carbons (Fsp3) is 0.316. The summed E-state index contributed by atoms with van der Waals surface area (Å²) >= 11 is 2.71. The van der Waals surface area contributed by atoms with Crippen LogP contribution in [0.15, 0.2) is 34.4 Å². The molecule has 0 unspecified atom stereocenters. The molecule has 34 heavy (non-hydrogen) atoms. The molecule has 0 aliphatic carbocycles. The molecule has 2 fully saturated rings. The number of rotatable bonds is 3. The first-order chi connectivity index (χ1) is 15.9. The number of fused-ring (bicyclic) bond motifs is 1. The van der Waals surface area contributed by atoms with E-state index in [-0.39, 0.29) is 17.0 Å². The Morgan fingerprint density at radius 2 is 1.94 bits per heavy atom. The molecule has 0 spiro atoms. The Labute approximate surface area is 197 Å². The Bertz CT molecular complexity index is 1170. The minimum absolute atomic E-state index is 0.0990. The maximum absolute atomic E-state index is 12.8. The Balaban J connectivity index is 0.000000406. The van der Waals surface area contributed by atoms with Gasteiger partial charge >= 0.3 is 18.1 Å². The molecule has 2 saturated heterocycles. The number of thiophene rings is 1. The number of β-lactam (4-membered cyclic amide) rings is 1. The lowest BCUT2D eigenvalue weighted by Gasteiger charge is -2.47. The molecule has 0 radical (unpaired) electrons. The van der Waals surface area contributed by atoms with Gasteiger partial charge in [0.2, 0.25) is 5.91 Å². The average Bonchev–Trinajstić information content (AvgIpc) is 3.38. The standard InChI is InChI=1S/C17H14N4O4S2.C2HF3O2/c18-6-9-2-4-26-15(9)20-3-1-8(13(20)22)5-10-7-27-16-11(19)14(23)21(16)12(10)17(24)25;3-2(4,5)1(6)7/h2,4-5,11,16H,1,3,7,19H2,(H,24,25);(H,6,7)/b8-5+;/t11-,16-;/m1./s1. The van der Waals surface area contributed by atoms with Crippen LogP contribution in [0.1, 0.15) is 12.0 Å². The van der Waals surface area contributed by atoms with Crippen molar-refractivity contribution < 1.29 is 42.6 Å². The molecule has 10 nitrogen and oxygen atoms in total. The SMILES string of the molecule is N#Cc1ccsc1N1CC/C(=C\C2=C(C(=O)O)N3C(=O)[C@@H](N)[C@H]3SC2)C1=O.O=C(O)C(F)(F)F. The van der Waals surface area contributed by atoms with Crippen LogP contribution in [0.2, 0.25) is 0 Å². The number of carboxylic acid groups (broad SMARTS) is 2. The number of halogens is 3. The van der Waals surface area contributed by atoms with Crippen molar-refractivity contribution in [1.82, 2.24) is 4.90 Å². The number of carbonyl (C=O) groups excluding carboxylic acids is 2. The normalized spacial score (nSPS) is 23.2. The number of hydrogen-bond acceptors (Lipinski definition) is 8. The Kier molecular flexibility index (Phi) is 7.05. The van der Waals surface area contributed by atoms with Crippen LogP contribution in [0.3, 0.4) is 0 Å². The molecule has 0 saturated carbocycles. The van der Waals surface area contributed by atoms with Crippen molar-refractivity contribution in [2.75, 3.05) is 17.2 Å². The summed E-state index contributed by atoms with van der Waals surface area (Å²) in [6.07, 6.45) is -3.06. The van der Waals surface area contributed by atoms with Crippen LogP contribution in [-0.2, 0) is 19.2 Å². The van der Waals surface area contributed by atoms with E-state index in [0.29, 0.717) is 40.4 Å². The van der Waals surface area contributed by atoms with Gasteiger partial charge in [-0.1, -0.05) is 0 Å². The van der Waals surface area contributed by atoms with Crippen LogP contribution < -0.4 is 10.6 Å². The van der Waals surface area contributed by atoms with Crippen LogP contribution in [-0.4, -0.2) is 68.8 Å². The zero-order chi connectivity index (χ0) is 25.4. The number of nitriles is 1. The largest absolute Gasteiger partial charge is 0.490 e.